The summed E-state index contributed by atoms with van der Waals surface area (Å²) in [6.07, 6.45) is 1.70. The number of nitrogens with one attached hydrogen (secondary N) is 3. The van der Waals surface area contributed by atoms with Crippen molar-refractivity contribution < 1.29 is 4.79 Å². The summed E-state index contributed by atoms with van der Waals surface area (Å²) in [6.45, 7) is 4.01. The predicted octanol–water partition coefficient (Wildman–Crippen LogP) is 2.36. The lowest BCUT2D eigenvalue weighted by Crippen LogP contribution is -2.27. The summed E-state index contributed by atoms with van der Waals surface area (Å²) in [4.78, 5) is 24.0. The minimum atomic E-state index is -0.0761. The van der Waals surface area contributed by atoms with E-state index in [-0.39, 0.29) is 11.8 Å². The third kappa shape index (κ3) is 2.75. The minimum Gasteiger partial charge on any atom is -0.382 e. The number of anilines is 1. The van der Waals surface area contributed by atoms with Gasteiger partial charge in [0.15, 0.2) is 0 Å². The van der Waals surface area contributed by atoms with Crippen LogP contribution in [-0.2, 0) is 11.3 Å². The van der Waals surface area contributed by atoms with Crippen molar-refractivity contribution in [1.82, 2.24) is 30.5 Å². The number of carbonyl (C=O) groups is 1. The Morgan fingerprint density at radius 3 is 2.85 bits per heavy atom. The van der Waals surface area contributed by atoms with Gasteiger partial charge < -0.3 is 16.0 Å². The van der Waals surface area contributed by atoms with Crippen LogP contribution in [0.3, 0.4) is 0 Å². The molecule has 5 N–H and O–H groups in total. The number of amides is 1. The zero-order valence-corrected chi connectivity index (χ0v) is 14.5. The van der Waals surface area contributed by atoms with Gasteiger partial charge in [-0.3, -0.25) is 9.89 Å². The number of nitrogens with zero attached hydrogens (tertiary/aromatic N) is 3. The number of imidazole rings is 1. The van der Waals surface area contributed by atoms with E-state index in [9.17, 15) is 4.79 Å². The molecule has 8 heteroatoms. The van der Waals surface area contributed by atoms with Crippen molar-refractivity contribution in [1.29, 1.82) is 0 Å². The Morgan fingerprint density at radius 2 is 2.12 bits per heavy atom. The molecule has 3 heterocycles. The first-order chi connectivity index (χ1) is 12.5. The molecular formula is C18H19N7O. The lowest BCUT2D eigenvalue weighted by Gasteiger charge is -2.04. The Bertz CT molecular complexity index is 1100. The Labute approximate surface area is 149 Å². The average Bonchev–Trinajstić information content (AvgIpc) is 3.29. The summed E-state index contributed by atoms with van der Waals surface area (Å²) in [5.74, 6) is 0.925. The first kappa shape index (κ1) is 16.1. The summed E-state index contributed by atoms with van der Waals surface area (Å²) < 4.78 is 0. The Hall–Kier alpha value is -3.42. The molecular weight excluding hydrogens is 330 g/mol. The van der Waals surface area contributed by atoms with E-state index < -0.39 is 0 Å². The van der Waals surface area contributed by atoms with E-state index in [1.54, 1.807) is 6.20 Å². The summed E-state index contributed by atoms with van der Waals surface area (Å²) in [6, 6.07) is 7.81. The smallest absolute Gasteiger partial charge is 0.222 e. The summed E-state index contributed by atoms with van der Waals surface area (Å²) in [5, 5.41) is 10.7. The fourth-order valence-corrected chi connectivity index (χ4v) is 2.86. The number of pyridine rings is 1. The van der Waals surface area contributed by atoms with Crippen LogP contribution in [0.4, 0.5) is 5.82 Å². The van der Waals surface area contributed by atoms with Crippen molar-refractivity contribution in [2.45, 2.75) is 20.4 Å². The Balaban J connectivity index is 1.75. The molecule has 3 aromatic heterocycles. The molecule has 0 atom stereocenters. The number of carbonyl (C=O) groups excluding carboxylic acids is 1. The topological polar surface area (TPSA) is 125 Å². The number of aromatic amines is 2. The largest absolute Gasteiger partial charge is 0.382 e. The number of H-pyrrole nitrogens is 2. The van der Waals surface area contributed by atoms with Crippen LogP contribution in [0, 0.1) is 5.92 Å². The molecule has 26 heavy (non-hydrogen) atoms. The number of hydrogen-bond donors (Lipinski definition) is 4. The number of benzene rings is 1. The second kappa shape index (κ2) is 6.14. The fraction of sp³-hybridized carbons (Fsp3) is 0.222. The molecule has 0 aliphatic rings. The normalized spacial score (nSPS) is 11.5. The van der Waals surface area contributed by atoms with Gasteiger partial charge in [-0.05, 0) is 18.2 Å². The molecule has 4 rings (SSSR count). The average molecular weight is 349 g/mol. The van der Waals surface area contributed by atoms with E-state index in [1.165, 1.54) is 0 Å². The monoisotopic (exact) mass is 349 g/mol. The molecule has 0 spiro atoms. The van der Waals surface area contributed by atoms with Crippen molar-refractivity contribution in [3.05, 3.63) is 36.3 Å². The molecule has 0 aliphatic heterocycles. The van der Waals surface area contributed by atoms with E-state index in [1.807, 2.05) is 38.1 Å². The fourth-order valence-electron chi connectivity index (χ4n) is 2.86. The van der Waals surface area contributed by atoms with Crippen molar-refractivity contribution in [2.75, 3.05) is 5.73 Å². The molecule has 0 aliphatic carbocycles. The molecule has 8 nitrogen and oxygen atoms in total. The predicted molar refractivity (Wildman–Crippen MR) is 100 cm³/mol. The summed E-state index contributed by atoms with van der Waals surface area (Å²) >= 11 is 0. The first-order valence-corrected chi connectivity index (χ1v) is 8.38. The Kier molecular flexibility index (Phi) is 3.80. The van der Waals surface area contributed by atoms with Crippen LogP contribution in [0.15, 0.2) is 30.5 Å². The highest BCUT2D eigenvalue weighted by Gasteiger charge is 2.14. The van der Waals surface area contributed by atoms with Crippen LogP contribution in [0.2, 0.25) is 0 Å². The first-order valence-electron chi connectivity index (χ1n) is 8.38. The number of hydrogen-bond acceptors (Lipinski definition) is 5. The standard InChI is InChI=1S/C18H19N7O/c1-9(2)18(26)20-8-14-23-15-11-4-3-10(12-5-6-21-25-12)7-13(11)22-17(19)16(15)24-14/h3-7,9H,8H2,1-2H3,(H2,19,22)(H,20,26)(H,21,25)(H,23,24). The SMILES string of the molecule is CC(C)C(=O)NCc1nc2c([nH]1)c(N)nc1cc(-c3ccn[nH]3)ccc12. The van der Waals surface area contributed by atoms with Crippen molar-refractivity contribution in [3.8, 4) is 11.3 Å². The molecule has 0 saturated carbocycles. The summed E-state index contributed by atoms with van der Waals surface area (Å²) in [5.41, 5.74) is 10.2. The molecule has 1 aromatic carbocycles. The van der Waals surface area contributed by atoms with Crippen molar-refractivity contribution in [3.63, 3.8) is 0 Å². The third-order valence-electron chi connectivity index (χ3n) is 4.27. The maximum atomic E-state index is 11.8. The third-order valence-corrected chi connectivity index (χ3v) is 4.27. The molecule has 0 bridgehead atoms. The van der Waals surface area contributed by atoms with Gasteiger partial charge in [0, 0.05) is 23.1 Å². The van der Waals surface area contributed by atoms with Gasteiger partial charge in [0.05, 0.1) is 17.8 Å². The van der Waals surface area contributed by atoms with E-state index in [4.69, 9.17) is 5.73 Å². The second-order valence-corrected chi connectivity index (χ2v) is 6.48. The van der Waals surface area contributed by atoms with E-state index in [2.05, 4.69) is 30.5 Å². The van der Waals surface area contributed by atoms with Gasteiger partial charge in [-0.2, -0.15) is 5.10 Å². The van der Waals surface area contributed by atoms with Crippen molar-refractivity contribution in [2.24, 2.45) is 5.92 Å². The quantitative estimate of drug-likeness (QED) is 0.450. The van der Waals surface area contributed by atoms with Gasteiger partial charge in [-0.15, -0.1) is 0 Å². The van der Waals surface area contributed by atoms with Crippen LogP contribution in [0.25, 0.3) is 33.2 Å². The maximum absolute atomic E-state index is 11.8. The van der Waals surface area contributed by atoms with Crippen molar-refractivity contribution >= 4 is 33.7 Å². The highest BCUT2D eigenvalue weighted by Crippen LogP contribution is 2.29. The zero-order chi connectivity index (χ0) is 18.3. The Morgan fingerprint density at radius 1 is 1.27 bits per heavy atom. The number of rotatable bonds is 4. The van der Waals surface area contributed by atoms with Gasteiger partial charge in [0.2, 0.25) is 5.91 Å². The molecule has 4 aromatic rings. The minimum absolute atomic E-state index is 0.0226. The zero-order valence-electron chi connectivity index (χ0n) is 14.5. The molecule has 0 saturated heterocycles. The van der Waals surface area contributed by atoms with Gasteiger partial charge in [-0.25, -0.2) is 9.97 Å². The second-order valence-electron chi connectivity index (χ2n) is 6.48. The molecule has 132 valence electrons. The van der Waals surface area contributed by atoms with E-state index >= 15 is 0 Å². The number of aromatic nitrogens is 5. The number of nitrogens with two attached hydrogens (primary N) is 1. The summed E-state index contributed by atoms with van der Waals surface area (Å²) in [7, 11) is 0. The van der Waals surface area contributed by atoms with Gasteiger partial charge in [0.1, 0.15) is 22.7 Å². The van der Waals surface area contributed by atoms with Crippen LogP contribution < -0.4 is 11.1 Å². The lowest BCUT2D eigenvalue weighted by molar-refractivity contribution is -0.124. The van der Waals surface area contributed by atoms with Gasteiger partial charge >= 0.3 is 0 Å². The van der Waals surface area contributed by atoms with Crippen LogP contribution in [0.5, 0.6) is 0 Å². The van der Waals surface area contributed by atoms with Crippen LogP contribution >= 0.6 is 0 Å². The molecule has 0 fully saturated rings. The molecule has 1 amide bonds. The highest BCUT2D eigenvalue weighted by atomic mass is 16.1. The van der Waals surface area contributed by atoms with Crippen LogP contribution in [-0.4, -0.2) is 31.1 Å². The molecule has 0 radical (unpaired) electrons. The number of fused-ring (bicyclic) bond motifs is 3. The van der Waals surface area contributed by atoms with E-state index in [0.717, 1.165) is 27.7 Å². The lowest BCUT2D eigenvalue weighted by atomic mass is 10.1. The molecule has 0 unspecified atom stereocenters. The van der Waals surface area contributed by atoms with Gasteiger partial charge in [-0.1, -0.05) is 19.9 Å². The van der Waals surface area contributed by atoms with Crippen LogP contribution in [0.1, 0.15) is 19.7 Å². The van der Waals surface area contributed by atoms with Gasteiger partial charge in [0.25, 0.3) is 0 Å². The highest BCUT2D eigenvalue weighted by molar-refractivity contribution is 6.07. The number of nitrogen functional groups attached to an aromatic ring is 1. The maximum Gasteiger partial charge on any atom is 0.222 e. The van der Waals surface area contributed by atoms with E-state index in [0.29, 0.717) is 23.7 Å².